The summed E-state index contributed by atoms with van der Waals surface area (Å²) < 4.78 is 6.34. The first kappa shape index (κ1) is 18.6. The number of fused-ring (bicyclic) bond motifs is 1. The van der Waals surface area contributed by atoms with E-state index in [1.54, 1.807) is 31.1 Å². The number of ether oxygens (including phenoxy) is 1. The normalized spacial score (nSPS) is 10.6. The molecule has 27 heavy (non-hydrogen) atoms. The number of nitrogens with zero attached hydrogens (tertiary/aromatic N) is 3. The SMILES string of the molecule is CCOc1ccc2nc(NC(=O)c3ccc(N(C)C)c([N+](=O)[O-])c3)sc2c1. The fraction of sp³-hybridized carbons (Fsp3) is 0.222. The summed E-state index contributed by atoms with van der Waals surface area (Å²) in [6.07, 6.45) is 0. The predicted molar refractivity (Wildman–Crippen MR) is 106 cm³/mol. The number of carbonyl (C=O) groups excluding carboxylic acids is 1. The number of nitro benzene ring substituents is 1. The lowest BCUT2D eigenvalue weighted by atomic mass is 10.1. The number of carbonyl (C=O) groups is 1. The smallest absolute Gasteiger partial charge is 0.293 e. The number of nitrogens with one attached hydrogen (secondary N) is 1. The minimum atomic E-state index is -0.501. The van der Waals surface area contributed by atoms with Crippen LogP contribution >= 0.6 is 11.3 Å². The van der Waals surface area contributed by atoms with E-state index in [1.807, 2.05) is 25.1 Å². The quantitative estimate of drug-likeness (QED) is 0.509. The summed E-state index contributed by atoms with van der Waals surface area (Å²) in [5, 5.41) is 14.4. The van der Waals surface area contributed by atoms with E-state index in [-0.39, 0.29) is 11.3 Å². The maximum Gasteiger partial charge on any atom is 0.293 e. The first-order valence-corrected chi connectivity index (χ1v) is 9.01. The second-order valence-electron chi connectivity index (χ2n) is 5.89. The number of benzene rings is 2. The van der Waals surface area contributed by atoms with E-state index < -0.39 is 10.8 Å². The van der Waals surface area contributed by atoms with Crippen LogP contribution in [0.15, 0.2) is 36.4 Å². The van der Waals surface area contributed by atoms with Gasteiger partial charge >= 0.3 is 0 Å². The number of anilines is 2. The van der Waals surface area contributed by atoms with Gasteiger partial charge in [-0.2, -0.15) is 0 Å². The number of hydrogen-bond donors (Lipinski definition) is 1. The molecule has 3 aromatic rings. The van der Waals surface area contributed by atoms with Gasteiger partial charge in [-0.1, -0.05) is 11.3 Å². The van der Waals surface area contributed by atoms with Crippen LogP contribution in [0.4, 0.5) is 16.5 Å². The molecule has 0 aliphatic carbocycles. The molecule has 0 unspecified atom stereocenters. The molecule has 0 bridgehead atoms. The molecule has 0 atom stereocenters. The minimum absolute atomic E-state index is 0.127. The van der Waals surface area contributed by atoms with E-state index in [4.69, 9.17) is 4.74 Å². The lowest BCUT2D eigenvalue weighted by molar-refractivity contribution is -0.384. The summed E-state index contributed by atoms with van der Waals surface area (Å²) in [7, 11) is 3.42. The third kappa shape index (κ3) is 3.98. The van der Waals surface area contributed by atoms with Gasteiger partial charge in [-0.05, 0) is 37.3 Å². The summed E-state index contributed by atoms with van der Waals surface area (Å²) in [5.41, 5.74) is 1.24. The minimum Gasteiger partial charge on any atom is -0.494 e. The molecule has 3 rings (SSSR count). The topological polar surface area (TPSA) is 97.6 Å². The zero-order chi connectivity index (χ0) is 19.6. The van der Waals surface area contributed by atoms with Crippen molar-refractivity contribution in [3.63, 3.8) is 0 Å². The highest BCUT2D eigenvalue weighted by atomic mass is 32.1. The molecule has 1 aromatic heterocycles. The third-order valence-electron chi connectivity index (χ3n) is 3.81. The Morgan fingerprint density at radius 1 is 1.30 bits per heavy atom. The van der Waals surface area contributed by atoms with Crippen LogP contribution in [0.3, 0.4) is 0 Å². The fourth-order valence-corrected chi connectivity index (χ4v) is 3.46. The second-order valence-corrected chi connectivity index (χ2v) is 6.92. The van der Waals surface area contributed by atoms with Gasteiger partial charge in [0.15, 0.2) is 5.13 Å². The number of rotatable bonds is 6. The van der Waals surface area contributed by atoms with E-state index in [1.165, 1.54) is 17.4 Å². The standard InChI is InChI=1S/C18H18N4O4S/c1-4-26-12-6-7-13-16(10-12)27-18(19-13)20-17(23)11-5-8-14(21(2)3)15(9-11)22(24)25/h5-10H,4H2,1-3H3,(H,19,20,23). The van der Waals surface area contributed by atoms with Crippen molar-refractivity contribution >= 4 is 44.0 Å². The van der Waals surface area contributed by atoms with Gasteiger partial charge in [0.2, 0.25) is 0 Å². The lowest BCUT2D eigenvalue weighted by Gasteiger charge is -2.13. The highest BCUT2D eigenvalue weighted by Crippen LogP contribution is 2.31. The Balaban J connectivity index is 1.85. The van der Waals surface area contributed by atoms with Gasteiger partial charge in [0.25, 0.3) is 11.6 Å². The summed E-state index contributed by atoms with van der Waals surface area (Å²) in [4.78, 5) is 29.3. The van der Waals surface area contributed by atoms with Crippen LogP contribution < -0.4 is 15.0 Å². The Labute approximate surface area is 159 Å². The van der Waals surface area contributed by atoms with Crippen molar-refractivity contribution in [1.29, 1.82) is 0 Å². The molecule has 140 valence electrons. The van der Waals surface area contributed by atoms with Crippen LogP contribution in [0, 0.1) is 10.1 Å². The van der Waals surface area contributed by atoms with Gasteiger partial charge < -0.3 is 9.64 Å². The van der Waals surface area contributed by atoms with Gasteiger partial charge in [0.05, 0.1) is 21.7 Å². The molecule has 0 saturated heterocycles. The van der Waals surface area contributed by atoms with Crippen LogP contribution in [-0.2, 0) is 0 Å². The Morgan fingerprint density at radius 2 is 2.07 bits per heavy atom. The van der Waals surface area contributed by atoms with Gasteiger partial charge in [-0.25, -0.2) is 4.98 Å². The van der Waals surface area contributed by atoms with Crippen LogP contribution in [0.2, 0.25) is 0 Å². The lowest BCUT2D eigenvalue weighted by Crippen LogP contribution is -2.14. The number of nitro groups is 1. The molecular weight excluding hydrogens is 368 g/mol. The zero-order valence-electron chi connectivity index (χ0n) is 15.1. The Bertz CT molecular complexity index is 1020. The first-order chi connectivity index (χ1) is 12.9. The van der Waals surface area contributed by atoms with Gasteiger partial charge in [0, 0.05) is 25.7 Å². The highest BCUT2D eigenvalue weighted by Gasteiger charge is 2.19. The summed E-state index contributed by atoms with van der Waals surface area (Å²) in [6.45, 7) is 2.47. The van der Waals surface area contributed by atoms with Crippen LogP contribution in [-0.4, -0.2) is 36.5 Å². The van der Waals surface area contributed by atoms with Crippen molar-refractivity contribution in [3.8, 4) is 5.75 Å². The Hall–Kier alpha value is -3.20. The van der Waals surface area contributed by atoms with E-state index in [0.717, 1.165) is 16.0 Å². The van der Waals surface area contributed by atoms with Crippen LogP contribution in [0.25, 0.3) is 10.2 Å². The molecule has 0 spiro atoms. The zero-order valence-corrected chi connectivity index (χ0v) is 15.9. The molecule has 0 aliphatic heterocycles. The van der Waals surface area contributed by atoms with Gasteiger partial charge in [0.1, 0.15) is 11.4 Å². The predicted octanol–water partition coefficient (Wildman–Crippen LogP) is 3.92. The Morgan fingerprint density at radius 3 is 2.74 bits per heavy atom. The van der Waals surface area contributed by atoms with E-state index in [9.17, 15) is 14.9 Å². The monoisotopic (exact) mass is 386 g/mol. The van der Waals surface area contributed by atoms with E-state index in [2.05, 4.69) is 10.3 Å². The summed E-state index contributed by atoms with van der Waals surface area (Å²) >= 11 is 1.31. The molecule has 9 heteroatoms. The number of thiazole rings is 1. The number of hydrogen-bond acceptors (Lipinski definition) is 7. The van der Waals surface area contributed by atoms with E-state index in [0.29, 0.717) is 17.4 Å². The highest BCUT2D eigenvalue weighted by molar-refractivity contribution is 7.22. The number of amides is 1. The molecular formula is C18H18N4O4S. The van der Waals surface area contributed by atoms with E-state index >= 15 is 0 Å². The second kappa shape index (κ2) is 7.58. The Kier molecular flexibility index (Phi) is 5.22. The first-order valence-electron chi connectivity index (χ1n) is 8.19. The largest absolute Gasteiger partial charge is 0.494 e. The molecule has 1 N–H and O–H groups in total. The van der Waals surface area contributed by atoms with Crippen LogP contribution in [0.1, 0.15) is 17.3 Å². The molecule has 1 heterocycles. The average Bonchev–Trinajstić information content (AvgIpc) is 3.02. The molecule has 0 saturated carbocycles. The third-order valence-corrected chi connectivity index (χ3v) is 4.74. The van der Waals surface area contributed by atoms with Crippen molar-refractivity contribution in [3.05, 3.63) is 52.1 Å². The fourth-order valence-electron chi connectivity index (χ4n) is 2.57. The van der Waals surface area contributed by atoms with Gasteiger partial charge in [-0.3, -0.25) is 20.2 Å². The van der Waals surface area contributed by atoms with Crippen molar-refractivity contribution in [1.82, 2.24) is 4.98 Å². The molecule has 0 aliphatic rings. The van der Waals surface area contributed by atoms with Crippen molar-refractivity contribution < 1.29 is 14.5 Å². The molecule has 2 aromatic carbocycles. The van der Waals surface area contributed by atoms with Crippen molar-refractivity contribution in [2.75, 3.05) is 30.9 Å². The van der Waals surface area contributed by atoms with Crippen molar-refractivity contribution in [2.45, 2.75) is 6.92 Å². The molecule has 8 nitrogen and oxygen atoms in total. The van der Waals surface area contributed by atoms with Crippen molar-refractivity contribution in [2.24, 2.45) is 0 Å². The maximum absolute atomic E-state index is 12.5. The molecule has 1 amide bonds. The molecule has 0 radical (unpaired) electrons. The molecule has 0 fully saturated rings. The summed E-state index contributed by atoms with van der Waals surface area (Å²) in [6, 6.07) is 9.88. The van der Waals surface area contributed by atoms with Gasteiger partial charge in [-0.15, -0.1) is 0 Å². The maximum atomic E-state index is 12.5. The summed E-state index contributed by atoms with van der Waals surface area (Å²) in [5.74, 6) is 0.286. The van der Waals surface area contributed by atoms with Crippen LogP contribution in [0.5, 0.6) is 5.75 Å². The average molecular weight is 386 g/mol. The number of aromatic nitrogens is 1.